The molecule has 0 saturated heterocycles. The quantitative estimate of drug-likeness (QED) is 0.574. The van der Waals surface area contributed by atoms with Crippen LogP contribution < -0.4 is 0 Å². The standard InChI is InChI=1S/C12H15ClOTe/c1-2-3-8-15-12(14)9-10-4-6-11(13)7-5-10/h4-7H,2-3,8-9H2,1H3. The molecule has 3 heteroatoms. The normalized spacial score (nSPS) is 10.3. The fourth-order valence-corrected chi connectivity index (χ4v) is 3.93. The van der Waals surface area contributed by atoms with Crippen molar-refractivity contribution in [1.29, 1.82) is 0 Å². The first-order valence-corrected chi connectivity index (χ1v) is 8.31. The van der Waals surface area contributed by atoms with E-state index in [0.717, 1.165) is 15.1 Å². The van der Waals surface area contributed by atoms with E-state index in [1.807, 2.05) is 24.3 Å². The van der Waals surface area contributed by atoms with Gasteiger partial charge in [0.1, 0.15) is 0 Å². The van der Waals surface area contributed by atoms with Crippen LogP contribution in [0.2, 0.25) is 9.49 Å². The predicted octanol–water partition coefficient (Wildman–Crippen LogP) is 3.33. The zero-order chi connectivity index (χ0) is 11.1. The summed E-state index contributed by atoms with van der Waals surface area (Å²) in [5.74, 6) is 0. The van der Waals surface area contributed by atoms with Gasteiger partial charge < -0.3 is 0 Å². The molecule has 0 N–H and O–H groups in total. The van der Waals surface area contributed by atoms with Gasteiger partial charge in [-0.2, -0.15) is 0 Å². The average molecular weight is 338 g/mol. The Balaban J connectivity index is 2.34. The summed E-state index contributed by atoms with van der Waals surface area (Å²) >= 11 is 5.35. The second-order valence-corrected chi connectivity index (χ2v) is 7.10. The first kappa shape index (κ1) is 13.0. The molecule has 0 aliphatic heterocycles. The summed E-state index contributed by atoms with van der Waals surface area (Å²) in [6, 6.07) is 7.56. The topological polar surface area (TPSA) is 17.1 Å². The summed E-state index contributed by atoms with van der Waals surface area (Å²) in [5.41, 5.74) is 1.09. The van der Waals surface area contributed by atoms with Gasteiger partial charge in [0, 0.05) is 0 Å². The second-order valence-electron chi connectivity index (χ2n) is 3.38. The van der Waals surface area contributed by atoms with E-state index >= 15 is 0 Å². The fourth-order valence-electron chi connectivity index (χ4n) is 1.15. The number of carbonyl (C=O) groups is 1. The monoisotopic (exact) mass is 340 g/mol. The Morgan fingerprint density at radius 1 is 1.33 bits per heavy atom. The van der Waals surface area contributed by atoms with E-state index in [1.165, 1.54) is 12.8 Å². The summed E-state index contributed by atoms with van der Waals surface area (Å²) in [6.07, 6.45) is 3.00. The predicted molar refractivity (Wildman–Crippen MR) is 65.6 cm³/mol. The summed E-state index contributed by atoms with van der Waals surface area (Å²) in [7, 11) is 0. The minimum absolute atomic E-state index is 0.424. The number of rotatable bonds is 6. The number of unbranched alkanes of at least 4 members (excludes halogenated alkanes) is 1. The molecule has 0 spiro atoms. The van der Waals surface area contributed by atoms with Crippen LogP contribution in [0.5, 0.6) is 0 Å². The first-order valence-electron chi connectivity index (χ1n) is 5.12. The van der Waals surface area contributed by atoms with Crippen LogP contribution in [-0.2, 0) is 11.2 Å². The summed E-state index contributed by atoms with van der Waals surface area (Å²) in [5, 5.41) is 0.730. The molecule has 0 unspecified atom stereocenters. The van der Waals surface area contributed by atoms with Crippen molar-refractivity contribution in [3.8, 4) is 0 Å². The molecular formula is C12H15ClOTe. The van der Waals surface area contributed by atoms with Crippen molar-refractivity contribution in [1.82, 2.24) is 0 Å². The van der Waals surface area contributed by atoms with Gasteiger partial charge in [-0.3, -0.25) is 0 Å². The van der Waals surface area contributed by atoms with Crippen LogP contribution in [0.3, 0.4) is 0 Å². The van der Waals surface area contributed by atoms with E-state index in [-0.39, 0.29) is 0 Å². The molecule has 0 heterocycles. The molecule has 0 aliphatic carbocycles. The van der Waals surface area contributed by atoms with Crippen molar-refractivity contribution in [2.75, 3.05) is 0 Å². The average Bonchev–Trinajstić information content (AvgIpc) is 2.22. The Kier molecular flexibility index (Phi) is 6.32. The van der Waals surface area contributed by atoms with Crippen molar-refractivity contribution in [2.45, 2.75) is 30.7 Å². The van der Waals surface area contributed by atoms with Crippen molar-refractivity contribution in [3.63, 3.8) is 0 Å². The molecule has 1 aromatic rings. The summed E-state index contributed by atoms with van der Waals surface area (Å²) in [6.45, 7) is 2.16. The summed E-state index contributed by atoms with van der Waals surface area (Å²) in [4.78, 5) is 11.6. The van der Waals surface area contributed by atoms with Crippen LogP contribution in [0, 0.1) is 0 Å². The first-order chi connectivity index (χ1) is 7.22. The Hall–Kier alpha value is -0.0304. The molecule has 1 aromatic carbocycles. The molecule has 1 nitrogen and oxygen atoms in total. The van der Waals surface area contributed by atoms with Gasteiger partial charge in [-0.15, -0.1) is 0 Å². The Bertz CT molecular complexity index is 308. The number of carbonyl (C=O) groups excluding carboxylic acids is 1. The molecule has 0 saturated carbocycles. The molecule has 82 valence electrons. The van der Waals surface area contributed by atoms with Gasteiger partial charge >= 0.3 is 107 Å². The number of benzene rings is 1. The van der Waals surface area contributed by atoms with Crippen molar-refractivity contribution >= 4 is 36.4 Å². The van der Waals surface area contributed by atoms with Gasteiger partial charge in [0.05, 0.1) is 0 Å². The zero-order valence-electron chi connectivity index (χ0n) is 8.83. The Morgan fingerprint density at radius 2 is 2.00 bits per heavy atom. The van der Waals surface area contributed by atoms with E-state index in [2.05, 4.69) is 6.92 Å². The van der Waals surface area contributed by atoms with Gasteiger partial charge in [0.2, 0.25) is 0 Å². The molecule has 0 amide bonds. The Labute approximate surface area is 106 Å². The van der Waals surface area contributed by atoms with Gasteiger partial charge in [0.25, 0.3) is 0 Å². The third-order valence-corrected chi connectivity index (χ3v) is 5.01. The molecule has 0 aliphatic rings. The van der Waals surface area contributed by atoms with Gasteiger partial charge in [-0.25, -0.2) is 0 Å². The van der Waals surface area contributed by atoms with E-state index in [9.17, 15) is 4.79 Å². The minimum atomic E-state index is -0.424. The molecule has 0 bridgehead atoms. The number of hydrogen-bond acceptors (Lipinski definition) is 1. The SMILES string of the molecule is CCCC[Te]C(=O)Cc1ccc(Cl)cc1. The van der Waals surface area contributed by atoms with E-state index in [1.54, 1.807) is 0 Å². The van der Waals surface area contributed by atoms with Crippen LogP contribution in [0.25, 0.3) is 0 Å². The molecule has 1 rings (SSSR count). The maximum absolute atomic E-state index is 11.6. The third kappa shape index (κ3) is 5.56. The van der Waals surface area contributed by atoms with Crippen molar-refractivity contribution in [3.05, 3.63) is 34.9 Å². The van der Waals surface area contributed by atoms with Crippen LogP contribution in [0.1, 0.15) is 25.3 Å². The molecule has 15 heavy (non-hydrogen) atoms. The number of halogens is 1. The van der Waals surface area contributed by atoms with Crippen LogP contribution in [0.4, 0.5) is 0 Å². The summed E-state index contributed by atoms with van der Waals surface area (Å²) < 4.78 is 1.60. The van der Waals surface area contributed by atoms with E-state index in [0.29, 0.717) is 10.3 Å². The van der Waals surface area contributed by atoms with Crippen LogP contribution in [-0.4, -0.2) is 24.8 Å². The maximum atomic E-state index is 11.6. The number of hydrogen-bond donors (Lipinski definition) is 0. The molecule has 0 fully saturated rings. The fraction of sp³-hybridized carbons (Fsp3) is 0.417. The second kappa shape index (κ2) is 7.28. The van der Waals surface area contributed by atoms with E-state index in [4.69, 9.17) is 11.6 Å². The third-order valence-electron chi connectivity index (χ3n) is 2.02. The van der Waals surface area contributed by atoms with Gasteiger partial charge in [-0.1, -0.05) is 0 Å². The van der Waals surface area contributed by atoms with Crippen molar-refractivity contribution in [2.24, 2.45) is 0 Å². The van der Waals surface area contributed by atoms with Crippen LogP contribution >= 0.6 is 11.6 Å². The molecule has 0 radical (unpaired) electrons. The van der Waals surface area contributed by atoms with Crippen LogP contribution in [0.15, 0.2) is 24.3 Å². The van der Waals surface area contributed by atoms with Crippen molar-refractivity contribution < 1.29 is 4.79 Å². The van der Waals surface area contributed by atoms with Gasteiger partial charge in [-0.05, 0) is 0 Å². The van der Waals surface area contributed by atoms with Gasteiger partial charge in [0.15, 0.2) is 0 Å². The molecular weight excluding hydrogens is 323 g/mol. The Morgan fingerprint density at radius 3 is 2.60 bits per heavy atom. The molecule has 0 aromatic heterocycles. The zero-order valence-corrected chi connectivity index (χ0v) is 11.9. The van der Waals surface area contributed by atoms with E-state index < -0.39 is 20.9 Å². The molecule has 0 atom stereocenters.